The van der Waals surface area contributed by atoms with E-state index in [4.69, 9.17) is 0 Å². The molecule has 1 N–H and O–H groups in total. The van der Waals surface area contributed by atoms with Gasteiger partial charge in [-0.05, 0) is 37.1 Å². The fourth-order valence-corrected chi connectivity index (χ4v) is 7.68. The summed E-state index contributed by atoms with van der Waals surface area (Å²) in [6.07, 6.45) is 3.65. The number of hydrogen-bond donors (Lipinski definition) is 1. The molecule has 2 saturated heterocycles. The number of hydrogen-bond acceptors (Lipinski definition) is 8. The molecule has 1 aromatic heterocycles. The quantitative estimate of drug-likeness (QED) is 0.528. The lowest BCUT2D eigenvalue weighted by Gasteiger charge is -2.36. The number of piperazine rings is 1. The predicted molar refractivity (Wildman–Crippen MR) is 132 cm³/mol. The molecular formula is C21H29N5O5S3. The lowest BCUT2D eigenvalue weighted by Crippen LogP contribution is -2.54. The zero-order valence-electron chi connectivity index (χ0n) is 19.0. The van der Waals surface area contributed by atoms with Gasteiger partial charge in [0.1, 0.15) is 0 Å². The van der Waals surface area contributed by atoms with Crippen LogP contribution in [0.3, 0.4) is 0 Å². The summed E-state index contributed by atoms with van der Waals surface area (Å²) >= 11 is 1.19. The molecular weight excluding hydrogens is 498 g/mol. The summed E-state index contributed by atoms with van der Waals surface area (Å²) in [7, 11) is -6.99. The molecule has 0 aliphatic carbocycles. The Morgan fingerprint density at radius 3 is 2.38 bits per heavy atom. The Morgan fingerprint density at radius 2 is 1.76 bits per heavy atom. The van der Waals surface area contributed by atoms with E-state index >= 15 is 0 Å². The van der Waals surface area contributed by atoms with E-state index in [1.54, 1.807) is 22.4 Å². The second kappa shape index (κ2) is 10.3. The van der Waals surface area contributed by atoms with Crippen molar-refractivity contribution in [2.45, 2.75) is 37.1 Å². The van der Waals surface area contributed by atoms with Crippen molar-refractivity contribution >= 4 is 48.1 Å². The molecule has 13 heteroatoms. The van der Waals surface area contributed by atoms with Crippen LogP contribution in [0.4, 0.5) is 10.8 Å². The third-order valence-corrected chi connectivity index (χ3v) is 10.3. The monoisotopic (exact) mass is 527 g/mol. The summed E-state index contributed by atoms with van der Waals surface area (Å²) in [5.41, 5.74) is 0.640. The third-order valence-electron chi connectivity index (χ3n) is 6.15. The number of rotatable bonds is 9. The second-order valence-electron chi connectivity index (χ2n) is 8.34. The largest absolute Gasteiger partial charge is 0.311 e. The first-order valence-corrected chi connectivity index (χ1v) is 15.2. The normalized spacial score (nSPS) is 20.7. The number of anilines is 2. The van der Waals surface area contributed by atoms with Crippen LogP contribution in [0.15, 0.2) is 40.7 Å². The molecule has 0 bridgehead atoms. The minimum atomic E-state index is -3.76. The minimum Gasteiger partial charge on any atom is -0.311 e. The molecule has 0 spiro atoms. The zero-order chi connectivity index (χ0) is 24.3. The molecule has 2 fully saturated rings. The van der Waals surface area contributed by atoms with Crippen molar-refractivity contribution in [2.75, 3.05) is 48.1 Å². The lowest BCUT2D eigenvalue weighted by molar-refractivity contribution is -0.122. The predicted octanol–water partition coefficient (Wildman–Crippen LogP) is 1.80. The number of nitrogens with one attached hydrogen (secondary N) is 1. The smallest absolute Gasteiger partial charge is 0.263 e. The molecule has 2 aliphatic rings. The molecule has 10 nitrogen and oxygen atoms in total. The van der Waals surface area contributed by atoms with E-state index in [0.29, 0.717) is 56.4 Å². The Hall–Kier alpha value is -2.06. The summed E-state index contributed by atoms with van der Waals surface area (Å²) in [4.78, 5) is 20.9. The van der Waals surface area contributed by atoms with Gasteiger partial charge in [0.05, 0.1) is 16.7 Å². The molecule has 1 atom stereocenters. The molecule has 1 aromatic carbocycles. The van der Waals surface area contributed by atoms with Gasteiger partial charge in [-0.15, -0.1) is 11.3 Å². The van der Waals surface area contributed by atoms with Crippen molar-refractivity contribution in [1.82, 2.24) is 14.2 Å². The van der Waals surface area contributed by atoms with E-state index in [1.165, 1.54) is 34.0 Å². The van der Waals surface area contributed by atoms with E-state index < -0.39 is 20.0 Å². The molecule has 3 heterocycles. The number of sulfonamides is 2. The van der Waals surface area contributed by atoms with Gasteiger partial charge in [-0.25, -0.2) is 21.8 Å². The van der Waals surface area contributed by atoms with E-state index in [9.17, 15) is 21.6 Å². The number of amides is 1. The number of benzene rings is 1. The van der Waals surface area contributed by atoms with Crippen LogP contribution in [0.1, 0.15) is 26.2 Å². The van der Waals surface area contributed by atoms with Crippen LogP contribution in [-0.2, 0) is 24.8 Å². The molecule has 0 unspecified atom stereocenters. The summed E-state index contributed by atoms with van der Waals surface area (Å²) in [6.45, 7) is 4.34. The molecule has 0 saturated carbocycles. The minimum absolute atomic E-state index is 0.0428. The maximum Gasteiger partial charge on any atom is 0.263 e. The first kappa shape index (κ1) is 25.0. The molecule has 2 aliphatic heterocycles. The van der Waals surface area contributed by atoms with Gasteiger partial charge in [0.25, 0.3) is 10.0 Å². The third kappa shape index (κ3) is 5.43. The average molecular weight is 528 g/mol. The highest BCUT2D eigenvalue weighted by molar-refractivity contribution is 7.93. The van der Waals surface area contributed by atoms with Gasteiger partial charge in [-0.3, -0.25) is 14.4 Å². The van der Waals surface area contributed by atoms with Gasteiger partial charge in [-0.1, -0.05) is 13.3 Å². The van der Waals surface area contributed by atoms with E-state index in [2.05, 4.69) is 14.6 Å². The molecule has 4 rings (SSSR count). The number of aromatic nitrogens is 1. The number of unbranched alkanes of at least 4 members (excludes halogenated alkanes) is 1. The highest BCUT2D eigenvalue weighted by Crippen LogP contribution is 2.27. The van der Waals surface area contributed by atoms with Crippen LogP contribution in [0.25, 0.3) is 0 Å². The number of carbonyl (C=O) groups excluding carboxylic acids is 1. The van der Waals surface area contributed by atoms with Crippen molar-refractivity contribution in [3.63, 3.8) is 0 Å². The van der Waals surface area contributed by atoms with Gasteiger partial charge in [0, 0.05) is 50.0 Å². The maximum absolute atomic E-state index is 13.1. The maximum atomic E-state index is 13.1. The standard InChI is InChI=1S/C21H29N5O5S3/c1-2-3-16-33(28,29)25-13-11-24(12-14-25)19-8-10-26(20(19)27)17-4-6-18(7-5-17)34(30,31)23-21-22-9-15-32-21/h4-7,9,15,19H,2-3,8,10-14,16H2,1H3,(H,22,23)/t19-/m0/s1. The second-order valence-corrected chi connectivity index (χ2v) is 13.0. The molecule has 186 valence electrons. The van der Waals surface area contributed by atoms with Crippen molar-refractivity contribution < 1.29 is 21.6 Å². The van der Waals surface area contributed by atoms with E-state index in [0.717, 1.165) is 6.42 Å². The number of thiazole rings is 1. The summed E-state index contributed by atoms with van der Waals surface area (Å²) in [5.74, 6) is 0.129. The first-order chi connectivity index (χ1) is 16.2. The Kier molecular flexibility index (Phi) is 7.57. The molecule has 34 heavy (non-hydrogen) atoms. The van der Waals surface area contributed by atoms with Gasteiger partial charge >= 0.3 is 0 Å². The van der Waals surface area contributed by atoms with Crippen LogP contribution in [-0.4, -0.2) is 81.5 Å². The van der Waals surface area contributed by atoms with Crippen molar-refractivity contribution in [1.29, 1.82) is 0 Å². The van der Waals surface area contributed by atoms with E-state index in [-0.39, 0.29) is 22.6 Å². The van der Waals surface area contributed by atoms with Crippen LogP contribution in [0.2, 0.25) is 0 Å². The fraction of sp³-hybridized carbons (Fsp3) is 0.524. The average Bonchev–Trinajstić information content (AvgIpc) is 3.47. The Bertz CT molecular complexity index is 1190. The fourth-order valence-electron chi connectivity index (χ4n) is 4.26. The summed E-state index contributed by atoms with van der Waals surface area (Å²) in [6, 6.07) is 5.93. The number of nitrogens with zero attached hydrogens (tertiary/aromatic N) is 4. The van der Waals surface area contributed by atoms with Crippen molar-refractivity contribution in [3.05, 3.63) is 35.8 Å². The van der Waals surface area contributed by atoms with Gasteiger partial charge < -0.3 is 4.90 Å². The highest BCUT2D eigenvalue weighted by atomic mass is 32.2. The zero-order valence-corrected chi connectivity index (χ0v) is 21.4. The molecule has 1 amide bonds. The van der Waals surface area contributed by atoms with Gasteiger partial charge in [0.2, 0.25) is 15.9 Å². The molecule has 2 aromatic rings. The Balaban J connectivity index is 1.36. The summed E-state index contributed by atoms with van der Waals surface area (Å²) < 4.78 is 53.9. The van der Waals surface area contributed by atoms with E-state index in [1.807, 2.05) is 6.92 Å². The van der Waals surface area contributed by atoms with Crippen molar-refractivity contribution in [2.24, 2.45) is 0 Å². The Labute approximate surface area is 204 Å². The van der Waals surface area contributed by atoms with Crippen LogP contribution < -0.4 is 9.62 Å². The highest BCUT2D eigenvalue weighted by Gasteiger charge is 2.39. The Morgan fingerprint density at radius 1 is 1.06 bits per heavy atom. The first-order valence-electron chi connectivity index (χ1n) is 11.3. The molecule has 0 radical (unpaired) electrons. The summed E-state index contributed by atoms with van der Waals surface area (Å²) in [5, 5.41) is 1.97. The van der Waals surface area contributed by atoms with Gasteiger partial charge in [0.15, 0.2) is 5.13 Å². The topological polar surface area (TPSA) is 120 Å². The van der Waals surface area contributed by atoms with Gasteiger partial charge in [-0.2, -0.15) is 4.31 Å². The SMILES string of the molecule is CCCCS(=O)(=O)N1CCN([C@H]2CCN(c3ccc(S(=O)(=O)Nc4nccs4)cc3)C2=O)CC1. The van der Waals surface area contributed by atoms with Crippen LogP contribution >= 0.6 is 11.3 Å². The lowest BCUT2D eigenvalue weighted by atomic mass is 10.2. The van der Waals surface area contributed by atoms with Crippen LogP contribution in [0, 0.1) is 0 Å². The number of carbonyl (C=O) groups is 1. The van der Waals surface area contributed by atoms with Crippen molar-refractivity contribution in [3.8, 4) is 0 Å². The van der Waals surface area contributed by atoms with Crippen LogP contribution in [0.5, 0.6) is 0 Å².